The van der Waals surface area contributed by atoms with Gasteiger partial charge in [-0.25, -0.2) is 0 Å². The zero-order valence-electron chi connectivity index (χ0n) is 29.1. The summed E-state index contributed by atoms with van der Waals surface area (Å²) in [7, 11) is 0. The number of hydrogen-bond acceptors (Lipinski definition) is 10. The highest BCUT2D eigenvalue weighted by Gasteiger charge is 2.74. The number of rotatable bonds is 5. The van der Waals surface area contributed by atoms with Crippen LogP contribution in [0.4, 0.5) is 0 Å². The van der Waals surface area contributed by atoms with Crippen LogP contribution in [-0.4, -0.2) is 103 Å². The summed E-state index contributed by atoms with van der Waals surface area (Å²) in [5.41, 5.74) is -3.16. The van der Waals surface area contributed by atoms with Crippen LogP contribution in [0.3, 0.4) is 0 Å². The van der Waals surface area contributed by atoms with Gasteiger partial charge in [-0.1, -0.05) is 34.6 Å². The number of hydrogen-bond donors (Lipinski definition) is 6. The SMILES string of the molecule is CC(C)(O)[C@H]1CC[C@@](C)([C@H]2CC[C@]3(C)[C@@H]2[C@H](O)C[C@@H]2[C@@]4(C)CCC(=O)C(C)(C)[C@@H]4[C@@H](O[C@@H]4O[C@H](CO)[C@@H](O)[C@H](O)[C@H]4O)C[C@]23C)O1. The number of ketones is 1. The Kier molecular flexibility index (Phi) is 8.52. The molecule has 0 aromatic heterocycles. The van der Waals surface area contributed by atoms with Crippen molar-refractivity contribution < 1.29 is 49.6 Å². The molecule has 16 atom stereocenters. The molecule has 6 N–H and O–H groups in total. The molecule has 0 radical (unpaired) electrons. The Morgan fingerprint density at radius 3 is 2.20 bits per heavy atom. The fraction of sp³-hybridized carbons (Fsp3) is 0.972. The maximum Gasteiger partial charge on any atom is 0.186 e. The number of Topliss-reactive ketones (excluding diaryl/α,β-unsaturated/α-hetero) is 1. The van der Waals surface area contributed by atoms with Gasteiger partial charge in [0, 0.05) is 17.8 Å². The summed E-state index contributed by atoms with van der Waals surface area (Å²) in [6.07, 6.45) is -2.62. The van der Waals surface area contributed by atoms with Crippen LogP contribution in [-0.2, 0) is 19.0 Å². The molecule has 4 aliphatic carbocycles. The van der Waals surface area contributed by atoms with Crippen molar-refractivity contribution in [3.8, 4) is 0 Å². The monoisotopic (exact) mass is 652 g/mol. The zero-order chi connectivity index (χ0) is 34.0. The first-order valence-corrected chi connectivity index (χ1v) is 17.7. The number of carbonyl (C=O) groups is 1. The molecule has 6 aliphatic rings. The lowest BCUT2D eigenvalue weighted by Gasteiger charge is -2.71. The third-order valence-electron chi connectivity index (χ3n) is 15.0. The Bertz CT molecular complexity index is 1180. The van der Waals surface area contributed by atoms with Gasteiger partial charge >= 0.3 is 0 Å². The number of carbonyl (C=O) groups excluding carboxylic acids is 1. The summed E-state index contributed by atoms with van der Waals surface area (Å²) in [6.45, 7) is 16.1. The van der Waals surface area contributed by atoms with Crippen molar-refractivity contribution in [3.63, 3.8) is 0 Å². The van der Waals surface area contributed by atoms with Crippen molar-refractivity contribution in [1.29, 1.82) is 0 Å². The molecule has 4 saturated carbocycles. The van der Waals surface area contributed by atoms with Crippen LogP contribution in [0, 0.1) is 45.3 Å². The van der Waals surface area contributed by atoms with E-state index in [1.165, 1.54) is 0 Å². The molecule has 0 aromatic carbocycles. The molecule has 0 amide bonds. The zero-order valence-corrected chi connectivity index (χ0v) is 29.1. The standard InChI is InChI=1S/C36H60O10/c1-31(2)23(39)10-12-33(5)22-15-19(38)25-18(36(8)14-11-24(46-36)32(3,4)43)9-13-34(25,6)35(22,7)16-20(29(31)33)44-30-28(42)27(41)26(40)21(17-37)45-30/h18-22,24-30,37-38,40-43H,9-17H2,1-8H3/t18-,19+,20-,21+,22+,24+,25-,26+,27-,28+,29-,30+,33+,34+,35+,36-/m0/s1. The molecular weight excluding hydrogens is 592 g/mol. The van der Waals surface area contributed by atoms with E-state index in [2.05, 4.69) is 27.7 Å². The van der Waals surface area contributed by atoms with E-state index in [0.717, 1.165) is 25.7 Å². The first-order chi connectivity index (χ1) is 21.2. The van der Waals surface area contributed by atoms with E-state index in [4.69, 9.17) is 14.2 Å². The first-order valence-electron chi connectivity index (χ1n) is 17.7. The van der Waals surface area contributed by atoms with E-state index in [1.54, 1.807) is 13.8 Å². The van der Waals surface area contributed by atoms with Gasteiger partial charge in [-0.15, -0.1) is 0 Å². The van der Waals surface area contributed by atoms with Gasteiger partial charge in [0.25, 0.3) is 0 Å². The second kappa shape index (κ2) is 11.2. The molecular formula is C36H60O10. The average molecular weight is 653 g/mol. The number of aliphatic hydroxyl groups is 6. The maximum atomic E-state index is 13.6. The van der Waals surface area contributed by atoms with E-state index in [0.29, 0.717) is 25.7 Å². The maximum absolute atomic E-state index is 13.6. The molecule has 0 bridgehead atoms. The molecule has 2 saturated heterocycles. The second-order valence-electron chi connectivity index (χ2n) is 18.2. The highest BCUT2D eigenvalue weighted by Crippen LogP contribution is 2.76. The molecule has 46 heavy (non-hydrogen) atoms. The van der Waals surface area contributed by atoms with Crippen LogP contribution in [0.15, 0.2) is 0 Å². The summed E-state index contributed by atoms with van der Waals surface area (Å²) in [5.74, 6) is 0.0842. The van der Waals surface area contributed by atoms with Crippen molar-refractivity contribution in [2.75, 3.05) is 6.61 Å². The highest BCUT2D eigenvalue weighted by atomic mass is 16.7. The molecule has 0 unspecified atom stereocenters. The van der Waals surface area contributed by atoms with Crippen molar-refractivity contribution in [2.24, 2.45) is 45.3 Å². The molecule has 2 heterocycles. The number of ether oxygens (including phenoxy) is 3. The molecule has 264 valence electrons. The van der Waals surface area contributed by atoms with Gasteiger partial charge in [-0.2, -0.15) is 0 Å². The lowest BCUT2D eigenvalue weighted by atomic mass is 9.34. The predicted molar refractivity (Wildman–Crippen MR) is 168 cm³/mol. The summed E-state index contributed by atoms with van der Waals surface area (Å²) in [5, 5.41) is 64.9. The van der Waals surface area contributed by atoms with E-state index >= 15 is 0 Å². The highest BCUT2D eigenvalue weighted by molar-refractivity contribution is 5.85. The van der Waals surface area contributed by atoms with Crippen LogP contribution in [0.1, 0.15) is 107 Å². The average Bonchev–Trinajstić information content (AvgIpc) is 3.55. The van der Waals surface area contributed by atoms with Crippen LogP contribution < -0.4 is 0 Å². The lowest BCUT2D eigenvalue weighted by molar-refractivity contribution is -0.340. The minimum absolute atomic E-state index is 0.0365. The van der Waals surface area contributed by atoms with Crippen LogP contribution in [0.2, 0.25) is 0 Å². The molecule has 10 nitrogen and oxygen atoms in total. The van der Waals surface area contributed by atoms with Gasteiger partial charge in [0.1, 0.15) is 30.2 Å². The first kappa shape index (κ1) is 35.1. The van der Waals surface area contributed by atoms with E-state index < -0.39 is 66.1 Å². The van der Waals surface area contributed by atoms with E-state index in [-0.39, 0.29) is 51.8 Å². The molecule has 0 aromatic rings. The number of fused-ring (bicyclic) bond motifs is 5. The Balaban J connectivity index is 1.39. The topological polar surface area (TPSA) is 166 Å². The molecule has 6 fully saturated rings. The van der Waals surface area contributed by atoms with Crippen LogP contribution in [0.25, 0.3) is 0 Å². The van der Waals surface area contributed by atoms with Crippen LogP contribution >= 0.6 is 0 Å². The minimum Gasteiger partial charge on any atom is -0.394 e. The normalized spacial score (nSPS) is 55.5. The fourth-order valence-corrected chi connectivity index (χ4v) is 12.5. The van der Waals surface area contributed by atoms with Gasteiger partial charge in [0.05, 0.1) is 36.1 Å². The van der Waals surface area contributed by atoms with Gasteiger partial charge in [-0.05, 0) is 99.7 Å². The lowest BCUT2D eigenvalue weighted by Crippen LogP contribution is -2.70. The van der Waals surface area contributed by atoms with Gasteiger partial charge in [-0.3, -0.25) is 4.79 Å². The van der Waals surface area contributed by atoms with Crippen LogP contribution in [0.5, 0.6) is 0 Å². The Labute approximate surface area is 274 Å². The summed E-state index contributed by atoms with van der Waals surface area (Å²) in [6, 6.07) is 0. The molecule has 2 aliphatic heterocycles. The molecule has 0 spiro atoms. The minimum atomic E-state index is -1.56. The fourth-order valence-electron chi connectivity index (χ4n) is 12.5. The summed E-state index contributed by atoms with van der Waals surface area (Å²) < 4.78 is 19.3. The van der Waals surface area contributed by atoms with Crippen molar-refractivity contribution in [2.45, 2.75) is 167 Å². The van der Waals surface area contributed by atoms with Gasteiger partial charge in [0.2, 0.25) is 0 Å². The second-order valence-corrected chi connectivity index (χ2v) is 18.2. The Morgan fingerprint density at radius 2 is 1.59 bits per heavy atom. The van der Waals surface area contributed by atoms with Crippen molar-refractivity contribution in [3.05, 3.63) is 0 Å². The Hall–Kier alpha value is -0.690. The third-order valence-corrected chi connectivity index (χ3v) is 15.0. The third kappa shape index (κ3) is 4.86. The summed E-state index contributed by atoms with van der Waals surface area (Å²) in [4.78, 5) is 13.6. The van der Waals surface area contributed by atoms with Gasteiger partial charge in [0.15, 0.2) is 6.29 Å². The molecule has 10 heteroatoms. The summed E-state index contributed by atoms with van der Waals surface area (Å²) >= 11 is 0. The van der Waals surface area contributed by atoms with E-state index in [9.17, 15) is 35.4 Å². The van der Waals surface area contributed by atoms with E-state index in [1.807, 2.05) is 13.8 Å². The quantitative estimate of drug-likeness (QED) is 0.243. The largest absolute Gasteiger partial charge is 0.394 e. The molecule has 6 rings (SSSR count). The Morgan fingerprint density at radius 1 is 0.913 bits per heavy atom. The van der Waals surface area contributed by atoms with Crippen molar-refractivity contribution in [1.82, 2.24) is 0 Å². The van der Waals surface area contributed by atoms with Crippen molar-refractivity contribution >= 4 is 5.78 Å². The smallest absolute Gasteiger partial charge is 0.186 e. The predicted octanol–water partition coefficient (Wildman–Crippen LogP) is 2.72. The number of aliphatic hydroxyl groups excluding tert-OH is 5. The van der Waals surface area contributed by atoms with Gasteiger partial charge < -0.3 is 44.8 Å².